The molecule has 2 aromatic carbocycles. The van der Waals surface area contributed by atoms with E-state index in [1.54, 1.807) is 16.2 Å². The summed E-state index contributed by atoms with van der Waals surface area (Å²) in [7, 11) is -0.149. The van der Waals surface area contributed by atoms with Crippen LogP contribution < -0.4 is 10.8 Å². The van der Waals surface area contributed by atoms with E-state index in [1.165, 1.54) is 69.6 Å². The van der Waals surface area contributed by atoms with Crippen LogP contribution in [0.4, 0.5) is 0 Å². The van der Waals surface area contributed by atoms with E-state index >= 15 is 0 Å². The summed E-state index contributed by atoms with van der Waals surface area (Å²) in [4.78, 5) is 0. The fourth-order valence-electron chi connectivity index (χ4n) is 6.87. The zero-order valence-electron chi connectivity index (χ0n) is 19.9. The molecule has 0 atom stereocenters. The van der Waals surface area contributed by atoms with Crippen molar-refractivity contribution in [2.75, 3.05) is 0 Å². The van der Waals surface area contributed by atoms with Crippen molar-refractivity contribution in [2.24, 2.45) is 0 Å². The fourth-order valence-corrected chi connectivity index (χ4v) is 9.95. The van der Waals surface area contributed by atoms with Gasteiger partial charge in [-0.25, -0.2) is 0 Å². The molecule has 30 heavy (non-hydrogen) atoms. The van der Waals surface area contributed by atoms with Gasteiger partial charge >= 0.3 is 0 Å². The summed E-state index contributed by atoms with van der Waals surface area (Å²) < 4.78 is 0. The van der Waals surface area contributed by atoms with Gasteiger partial charge in [-0.15, -0.1) is 0 Å². The van der Waals surface area contributed by atoms with Crippen LogP contribution >= 0.6 is 7.92 Å². The molecule has 0 heterocycles. The summed E-state index contributed by atoms with van der Waals surface area (Å²) >= 11 is 0. The van der Waals surface area contributed by atoms with E-state index in [-0.39, 0.29) is 7.92 Å². The van der Waals surface area contributed by atoms with Crippen molar-refractivity contribution in [3.05, 3.63) is 36.4 Å². The first-order chi connectivity index (χ1) is 14.6. The first-order valence-corrected chi connectivity index (χ1v) is 14.4. The molecule has 2 saturated carbocycles. The van der Waals surface area contributed by atoms with Crippen LogP contribution in [0.1, 0.15) is 91.9 Å². The third-order valence-corrected chi connectivity index (χ3v) is 11.1. The van der Waals surface area contributed by atoms with Gasteiger partial charge < -0.3 is 0 Å². The van der Waals surface area contributed by atoms with E-state index in [1.807, 2.05) is 0 Å². The third kappa shape index (κ3) is 4.67. The van der Waals surface area contributed by atoms with Gasteiger partial charge in [-0.1, -0.05) is 153 Å². The molecule has 2 aromatic rings. The van der Waals surface area contributed by atoms with Crippen LogP contribution in [0.2, 0.25) is 11.6 Å². The molecule has 0 amide bonds. The van der Waals surface area contributed by atoms with Crippen LogP contribution in [0.15, 0.2) is 36.4 Å². The molecule has 2 aliphatic rings. The first-order valence-electron chi connectivity index (χ1n) is 12.9. The van der Waals surface area contributed by atoms with E-state index in [0.717, 1.165) is 29.7 Å². The quantitative estimate of drug-likeness (QED) is 0.327. The molecule has 0 radical (unpaired) electrons. The lowest BCUT2D eigenvalue weighted by Gasteiger charge is -2.37. The molecule has 0 aliphatic heterocycles. The molecule has 2 heteroatoms. The normalized spacial score (nSPS) is 19.3. The van der Waals surface area contributed by atoms with Gasteiger partial charge in [-0.2, -0.15) is 0 Å². The molecular formula is C28H42BP. The lowest BCUT2D eigenvalue weighted by molar-refractivity contribution is 0.465. The summed E-state index contributed by atoms with van der Waals surface area (Å²) in [5.41, 5.74) is 3.21. The summed E-state index contributed by atoms with van der Waals surface area (Å²) in [6.07, 6.45) is 14.6. The molecule has 0 bridgehead atoms. The lowest BCUT2D eigenvalue weighted by Crippen LogP contribution is -2.43. The molecule has 162 valence electrons. The first kappa shape index (κ1) is 22.4. The minimum Gasteiger partial charge on any atom is -0.0712 e. The standard InChI is InChI=1S/C28H42BP/c1-21(2)30(22(3)4)27-20-12-14-23-13-11-19-26(28(23)27)29(24-15-7-5-8-16-24)25-17-9-6-10-18-25/h11-14,19-22,24-25H,5-10,15-18H2,1-4H3. The van der Waals surface area contributed by atoms with Gasteiger partial charge in [0, 0.05) is 0 Å². The Bertz CT molecular complexity index is 783. The van der Waals surface area contributed by atoms with E-state index in [0.29, 0.717) is 0 Å². The molecule has 2 aliphatic carbocycles. The fraction of sp³-hybridized carbons (Fsp3) is 0.643. The maximum atomic E-state index is 2.55. The highest BCUT2D eigenvalue weighted by Crippen LogP contribution is 2.47. The molecule has 0 nitrogen and oxygen atoms in total. The molecule has 0 unspecified atom stereocenters. The average molecular weight is 420 g/mol. The second-order valence-corrected chi connectivity index (χ2v) is 14.0. The Morgan fingerprint density at radius 3 is 1.70 bits per heavy atom. The minimum absolute atomic E-state index is 0.149. The van der Waals surface area contributed by atoms with Crippen LogP contribution in [0.3, 0.4) is 0 Å². The van der Waals surface area contributed by atoms with Crippen LogP contribution in [0, 0.1) is 0 Å². The van der Waals surface area contributed by atoms with Crippen molar-refractivity contribution in [3.63, 3.8) is 0 Å². The number of benzene rings is 2. The van der Waals surface area contributed by atoms with Gasteiger partial charge in [0.1, 0.15) is 0 Å². The Kier molecular flexibility index (Phi) is 7.62. The molecule has 4 rings (SSSR count). The van der Waals surface area contributed by atoms with Crippen LogP contribution in [-0.2, 0) is 0 Å². The van der Waals surface area contributed by atoms with Crippen molar-refractivity contribution in [1.82, 2.24) is 0 Å². The van der Waals surface area contributed by atoms with Crippen LogP contribution in [-0.4, -0.2) is 18.0 Å². The smallest absolute Gasteiger partial charge is 0.0712 e. The Morgan fingerprint density at radius 1 is 0.700 bits per heavy atom. The second-order valence-electron chi connectivity index (χ2n) is 10.6. The minimum atomic E-state index is -0.149. The summed E-state index contributed by atoms with van der Waals surface area (Å²) in [6, 6.07) is 14.5. The Hall–Kier alpha value is -0.805. The molecule has 0 spiro atoms. The van der Waals surface area contributed by atoms with Crippen LogP contribution in [0.5, 0.6) is 0 Å². The van der Waals surface area contributed by atoms with Crippen LogP contribution in [0.25, 0.3) is 10.8 Å². The number of fused-ring (bicyclic) bond motifs is 1. The number of rotatable bonds is 6. The van der Waals surface area contributed by atoms with Gasteiger partial charge in [0.05, 0.1) is 0 Å². The maximum absolute atomic E-state index is 2.55. The van der Waals surface area contributed by atoms with Gasteiger partial charge in [0.15, 0.2) is 6.71 Å². The summed E-state index contributed by atoms with van der Waals surface area (Å²) in [6.45, 7) is 10.6. The Labute approximate surface area is 187 Å². The van der Waals surface area contributed by atoms with Gasteiger partial charge in [0.25, 0.3) is 0 Å². The third-order valence-electron chi connectivity index (χ3n) is 7.98. The largest absolute Gasteiger partial charge is 0.183 e. The monoisotopic (exact) mass is 420 g/mol. The average Bonchev–Trinajstić information content (AvgIpc) is 2.75. The topological polar surface area (TPSA) is 0 Å². The predicted octanol–water partition coefficient (Wildman–Crippen LogP) is 8.13. The zero-order chi connectivity index (χ0) is 21.1. The predicted molar refractivity (Wildman–Crippen MR) is 140 cm³/mol. The van der Waals surface area contributed by atoms with Crippen molar-refractivity contribution in [2.45, 2.75) is 115 Å². The highest BCUT2D eigenvalue weighted by molar-refractivity contribution is 7.67. The molecule has 0 aromatic heterocycles. The molecule has 2 fully saturated rings. The maximum Gasteiger partial charge on any atom is 0.183 e. The van der Waals surface area contributed by atoms with Crippen molar-refractivity contribution >= 4 is 36.2 Å². The highest BCUT2D eigenvalue weighted by atomic mass is 31.1. The zero-order valence-corrected chi connectivity index (χ0v) is 20.8. The second kappa shape index (κ2) is 10.2. The van der Waals surface area contributed by atoms with Gasteiger partial charge in [-0.3, -0.25) is 0 Å². The summed E-state index contributed by atoms with van der Waals surface area (Å²) in [5, 5.41) is 4.85. The van der Waals surface area contributed by atoms with Crippen molar-refractivity contribution in [1.29, 1.82) is 0 Å². The molecule has 0 saturated heterocycles. The van der Waals surface area contributed by atoms with E-state index in [4.69, 9.17) is 0 Å². The summed E-state index contributed by atoms with van der Waals surface area (Å²) in [5.74, 6) is 1.81. The van der Waals surface area contributed by atoms with Crippen molar-refractivity contribution in [3.8, 4) is 0 Å². The lowest BCUT2D eigenvalue weighted by atomic mass is 9.27. The van der Waals surface area contributed by atoms with E-state index < -0.39 is 0 Å². The number of hydrogen-bond donors (Lipinski definition) is 0. The Balaban J connectivity index is 1.87. The molecule has 0 N–H and O–H groups in total. The van der Waals surface area contributed by atoms with Gasteiger partial charge in [-0.05, 0) is 27.4 Å². The Morgan fingerprint density at radius 2 is 1.20 bits per heavy atom. The number of hydrogen-bond acceptors (Lipinski definition) is 0. The van der Waals surface area contributed by atoms with Crippen molar-refractivity contribution < 1.29 is 0 Å². The highest BCUT2D eigenvalue weighted by Gasteiger charge is 2.37. The molecular weight excluding hydrogens is 378 g/mol. The van der Waals surface area contributed by atoms with E-state index in [9.17, 15) is 0 Å². The van der Waals surface area contributed by atoms with Gasteiger partial charge in [0.2, 0.25) is 0 Å². The van der Waals surface area contributed by atoms with E-state index in [2.05, 4.69) is 64.1 Å². The SMILES string of the molecule is CC(C)P(c1cccc2cccc(B(C3CCCCC3)C3CCCCC3)c12)C(C)C.